The van der Waals surface area contributed by atoms with Crippen LogP contribution in [-0.4, -0.2) is 9.97 Å². The summed E-state index contributed by atoms with van der Waals surface area (Å²) in [6, 6.07) is 0. The molecule has 0 saturated carbocycles. The Morgan fingerprint density at radius 1 is 1.33 bits per heavy atom. The number of nitrogens with zero attached hydrogens (tertiary/aromatic N) is 2. The zero-order valence-corrected chi connectivity index (χ0v) is 7.65. The predicted molar refractivity (Wildman–Crippen MR) is 52.0 cm³/mol. The molecule has 2 aromatic rings. The van der Waals surface area contributed by atoms with Crippen LogP contribution in [0.1, 0.15) is 0 Å². The van der Waals surface area contributed by atoms with Gasteiger partial charge in [0.25, 0.3) is 0 Å². The number of thiazole rings is 2. The summed E-state index contributed by atoms with van der Waals surface area (Å²) in [6.45, 7) is 0. The molecule has 4 nitrogen and oxygen atoms in total. The van der Waals surface area contributed by atoms with Crippen LogP contribution in [0.4, 0.5) is 10.1 Å². The van der Waals surface area contributed by atoms with Crippen LogP contribution in [-0.2, 0) is 0 Å². The van der Waals surface area contributed by atoms with Crippen molar-refractivity contribution in [2.24, 2.45) is 0 Å². The number of rotatable bonds is 1. The number of hydrogen-bond donors (Lipinski definition) is 2. The van der Waals surface area contributed by atoms with E-state index in [0.717, 1.165) is 5.01 Å². The molecule has 0 bridgehead atoms. The Morgan fingerprint density at radius 2 is 2.17 bits per heavy atom. The maximum absolute atomic E-state index is 5.68. The molecule has 12 heavy (non-hydrogen) atoms. The van der Waals surface area contributed by atoms with Crippen LogP contribution in [0.25, 0.3) is 10.7 Å². The first-order valence-electron chi connectivity index (χ1n) is 3.19. The summed E-state index contributed by atoms with van der Waals surface area (Å²) in [5.41, 5.74) is 11.9. The van der Waals surface area contributed by atoms with Gasteiger partial charge in [-0.05, 0) is 0 Å². The van der Waals surface area contributed by atoms with Crippen LogP contribution >= 0.6 is 22.7 Å². The van der Waals surface area contributed by atoms with Gasteiger partial charge in [0.1, 0.15) is 15.7 Å². The highest BCUT2D eigenvalue weighted by molar-refractivity contribution is 7.20. The van der Waals surface area contributed by atoms with Gasteiger partial charge in [0.2, 0.25) is 0 Å². The molecule has 0 unspecified atom stereocenters. The third kappa shape index (κ3) is 1.15. The lowest BCUT2D eigenvalue weighted by atomic mass is 10.5. The van der Waals surface area contributed by atoms with E-state index in [0.29, 0.717) is 15.8 Å². The summed E-state index contributed by atoms with van der Waals surface area (Å²) in [6.07, 6.45) is 1.72. The summed E-state index contributed by atoms with van der Waals surface area (Å²) < 4.78 is 0. The van der Waals surface area contributed by atoms with E-state index in [1.165, 1.54) is 22.7 Å². The molecule has 6 heteroatoms. The molecule has 4 N–H and O–H groups in total. The molecule has 0 fully saturated rings. The maximum Gasteiger partial charge on any atom is 0.182 e. The minimum atomic E-state index is 0.484. The zero-order valence-electron chi connectivity index (χ0n) is 6.02. The van der Waals surface area contributed by atoms with Crippen molar-refractivity contribution >= 4 is 32.8 Å². The van der Waals surface area contributed by atoms with Crippen molar-refractivity contribution in [2.75, 3.05) is 11.5 Å². The van der Waals surface area contributed by atoms with Crippen LogP contribution in [0.3, 0.4) is 0 Å². The number of anilines is 2. The minimum absolute atomic E-state index is 0.484. The van der Waals surface area contributed by atoms with Crippen molar-refractivity contribution in [3.63, 3.8) is 0 Å². The van der Waals surface area contributed by atoms with Gasteiger partial charge in [-0.3, -0.25) is 0 Å². The van der Waals surface area contributed by atoms with Crippen LogP contribution in [0.15, 0.2) is 11.6 Å². The molecule has 62 valence electrons. The van der Waals surface area contributed by atoms with Crippen molar-refractivity contribution in [3.8, 4) is 10.7 Å². The van der Waals surface area contributed by atoms with Crippen molar-refractivity contribution in [1.29, 1.82) is 0 Å². The van der Waals surface area contributed by atoms with Crippen LogP contribution in [0.5, 0.6) is 0 Å². The lowest BCUT2D eigenvalue weighted by Crippen LogP contribution is -1.85. The van der Waals surface area contributed by atoms with Gasteiger partial charge in [-0.2, -0.15) is 0 Å². The van der Waals surface area contributed by atoms with E-state index in [9.17, 15) is 0 Å². The fourth-order valence-corrected chi connectivity index (χ4v) is 2.15. The average molecular weight is 198 g/mol. The Morgan fingerprint density at radius 3 is 2.67 bits per heavy atom. The smallest absolute Gasteiger partial charge is 0.182 e. The van der Waals surface area contributed by atoms with Gasteiger partial charge in [-0.15, -0.1) is 11.3 Å². The van der Waals surface area contributed by atoms with E-state index in [1.54, 1.807) is 6.20 Å². The van der Waals surface area contributed by atoms with Gasteiger partial charge < -0.3 is 11.5 Å². The number of nitrogens with two attached hydrogens (primary N) is 2. The monoisotopic (exact) mass is 198 g/mol. The summed E-state index contributed by atoms with van der Waals surface area (Å²) in [5.74, 6) is 0. The standard InChI is InChI=1S/C6H6N4S2/c7-4-3(10-6(8)12-4)5-9-1-2-11-5/h1-2H,7H2,(H2,8,10). The first kappa shape index (κ1) is 7.51. The number of hydrogen-bond acceptors (Lipinski definition) is 6. The van der Waals surface area contributed by atoms with Crippen molar-refractivity contribution in [2.45, 2.75) is 0 Å². The Labute approximate surface area is 76.9 Å². The molecule has 0 atom stereocenters. The second-order valence-electron chi connectivity index (χ2n) is 2.10. The highest BCUT2D eigenvalue weighted by atomic mass is 32.1. The summed E-state index contributed by atoms with van der Waals surface area (Å²) in [7, 11) is 0. The first-order chi connectivity index (χ1) is 5.77. The van der Waals surface area contributed by atoms with E-state index in [4.69, 9.17) is 11.5 Å². The van der Waals surface area contributed by atoms with Crippen molar-refractivity contribution in [3.05, 3.63) is 11.6 Å². The van der Waals surface area contributed by atoms with Gasteiger partial charge in [-0.1, -0.05) is 11.3 Å². The number of aromatic nitrogens is 2. The molecule has 2 rings (SSSR count). The fourth-order valence-electron chi connectivity index (χ4n) is 0.843. The van der Waals surface area contributed by atoms with Gasteiger partial charge in [-0.25, -0.2) is 9.97 Å². The normalized spacial score (nSPS) is 10.3. The quantitative estimate of drug-likeness (QED) is 0.726. The summed E-state index contributed by atoms with van der Waals surface area (Å²) >= 11 is 2.78. The highest BCUT2D eigenvalue weighted by Gasteiger charge is 2.10. The summed E-state index contributed by atoms with van der Waals surface area (Å²) in [4.78, 5) is 8.16. The molecule has 0 aliphatic rings. The largest absolute Gasteiger partial charge is 0.389 e. The molecule has 0 saturated heterocycles. The van der Waals surface area contributed by atoms with E-state index in [1.807, 2.05) is 5.38 Å². The topological polar surface area (TPSA) is 77.8 Å². The second-order valence-corrected chi connectivity index (χ2v) is 4.06. The van der Waals surface area contributed by atoms with E-state index < -0.39 is 0 Å². The minimum Gasteiger partial charge on any atom is -0.389 e. The first-order valence-corrected chi connectivity index (χ1v) is 4.88. The maximum atomic E-state index is 5.68. The zero-order chi connectivity index (χ0) is 8.55. The Balaban J connectivity index is 2.54. The third-order valence-corrected chi connectivity index (χ3v) is 2.80. The molecule has 2 aromatic heterocycles. The molecule has 0 spiro atoms. The second kappa shape index (κ2) is 2.72. The van der Waals surface area contributed by atoms with Crippen LogP contribution in [0, 0.1) is 0 Å². The lowest BCUT2D eigenvalue weighted by molar-refractivity contribution is 1.35. The average Bonchev–Trinajstić information content (AvgIpc) is 2.58. The van der Waals surface area contributed by atoms with E-state index in [2.05, 4.69) is 9.97 Å². The molecule has 0 aromatic carbocycles. The number of nitrogen functional groups attached to an aromatic ring is 2. The van der Waals surface area contributed by atoms with Gasteiger partial charge in [0, 0.05) is 11.6 Å². The molecule has 0 radical (unpaired) electrons. The van der Waals surface area contributed by atoms with Gasteiger partial charge >= 0.3 is 0 Å². The highest BCUT2D eigenvalue weighted by Crippen LogP contribution is 2.32. The lowest BCUT2D eigenvalue weighted by Gasteiger charge is -1.88. The van der Waals surface area contributed by atoms with Crippen molar-refractivity contribution in [1.82, 2.24) is 9.97 Å². The Hall–Kier alpha value is -1.14. The Kier molecular flexibility index (Phi) is 1.70. The van der Waals surface area contributed by atoms with Crippen LogP contribution < -0.4 is 11.5 Å². The van der Waals surface area contributed by atoms with E-state index in [-0.39, 0.29) is 0 Å². The molecule has 0 amide bonds. The molecule has 0 aliphatic heterocycles. The SMILES string of the molecule is Nc1nc(-c2nccs2)c(N)s1. The summed E-state index contributed by atoms with van der Waals surface area (Å²) in [5, 5.41) is 3.81. The van der Waals surface area contributed by atoms with Crippen molar-refractivity contribution < 1.29 is 0 Å². The molecular weight excluding hydrogens is 192 g/mol. The van der Waals surface area contributed by atoms with Gasteiger partial charge in [0.05, 0.1) is 0 Å². The van der Waals surface area contributed by atoms with E-state index >= 15 is 0 Å². The molecular formula is C6H6N4S2. The van der Waals surface area contributed by atoms with Gasteiger partial charge in [0.15, 0.2) is 5.13 Å². The molecule has 2 heterocycles. The molecule has 0 aliphatic carbocycles. The fraction of sp³-hybridized carbons (Fsp3) is 0. The Bertz CT molecular complexity index is 378. The third-order valence-electron chi connectivity index (χ3n) is 1.30. The predicted octanol–water partition coefficient (Wildman–Crippen LogP) is 1.43. The van der Waals surface area contributed by atoms with Crippen LogP contribution in [0.2, 0.25) is 0 Å².